The van der Waals surface area contributed by atoms with Crippen LogP contribution in [0.25, 0.3) is 11.0 Å². The molecule has 0 unspecified atom stereocenters. The number of aromatic nitrogens is 1. The molecule has 1 atom stereocenters. The third-order valence-corrected chi connectivity index (χ3v) is 7.32. The van der Waals surface area contributed by atoms with Crippen molar-refractivity contribution in [2.75, 3.05) is 27.0 Å². The summed E-state index contributed by atoms with van der Waals surface area (Å²) < 4.78 is 17.1. The molecule has 0 radical (unpaired) electrons. The zero-order valence-corrected chi connectivity index (χ0v) is 22.8. The topological polar surface area (TPSA) is 122 Å². The molecule has 0 bridgehead atoms. The highest BCUT2D eigenvalue weighted by Crippen LogP contribution is 2.43. The van der Waals surface area contributed by atoms with E-state index in [0.717, 1.165) is 28.2 Å². The van der Waals surface area contributed by atoms with Gasteiger partial charge in [0.1, 0.15) is 23.8 Å². The number of amides is 5. The summed E-state index contributed by atoms with van der Waals surface area (Å²) in [6, 6.07) is 7.64. The van der Waals surface area contributed by atoms with Gasteiger partial charge in [0.25, 0.3) is 11.8 Å². The smallest absolute Gasteiger partial charge is 0.336 e. The number of methoxy groups -OCH3 is 1. The average molecular weight is 549 g/mol. The van der Waals surface area contributed by atoms with Crippen molar-refractivity contribution in [3.05, 3.63) is 59.6 Å². The molecule has 5 amide bonds. The van der Waals surface area contributed by atoms with Crippen molar-refractivity contribution in [3.63, 3.8) is 0 Å². The van der Waals surface area contributed by atoms with Gasteiger partial charge in [0, 0.05) is 42.9 Å². The fraction of sp³-hybridized carbons (Fsp3) is 0.414. The number of unbranched alkanes of at least 4 members (excludes halogenated alkanes) is 1. The molecule has 2 aliphatic rings. The Morgan fingerprint density at radius 3 is 2.67 bits per heavy atom. The van der Waals surface area contributed by atoms with E-state index >= 15 is 0 Å². The first-order chi connectivity index (χ1) is 19.3. The highest BCUT2D eigenvalue weighted by atomic mass is 16.5. The van der Waals surface area contributed by atoms with Gasteiger partial charge in [-0.3, -0.25) is 19.4 Å². The van der Waals surface area contributed by atoms with Crippen molar-refractivity contribution in [1.29, 1.82) is 0 Å². The van der Waals surface area contributed by atoms with Gasteiger partial charge in [0.05, 0.1) is 13.7 Å². The number of carbonyl (C=O) groups excluding carboxylic acids is 4. The first kappa shape index (κ1) is 27.3. The van der Waals surface area contributed by atoms with E-state index < -0.39 is 23.4 Å². The standard InChI is InChI=1S/C29H32N4O7/c1-4-6-12-39-18-32-27(36)29(33(28(32)37)25(34)7-5-2,24-13-20-15-30-11-10-23(20)40-24)17-31-16-19-8-9-21(38-3)14-22(19)26(31)35/h8-11,13-15H,4-7,12,16-18H2,1-3H3/t29-/m0/s1. The van der Waals surface area contributed by atoms with Crippen LogP contribution in [-0.4, -0.2) is 70.4 Å². The van der Waals surface area contributed by atoms with Crippen molar-refractivity contribution in [2.24, 2.45) is 0 Å². The summed E-state index contributed by atoms with van der Waals surface area (Å²) in [6.07, 6.45) is 5.23. The number of hydrogen-bond acceptors (Lipinski definition) is 8. The highest BCUT2D eigenvalue weighted by molar-refractivity contribution is 6.15. The van der Waals surface area contributed by atoms with Gasteiger partial charge in [-0.05, 0) is 42.7 Å². The van der Waals surface area contributed by atoms with E-state index in [1.165, 1.54) is 12.0 Å². The SMILES string of the molecule is CCCCOCN1C(=O)N(C(=O)CCC)[C@@](CN2Cc3ccc(OC)cc3C2=O)(c2cc3cnccc3o2)C1=O. The van der Waals surface area contributed by atoms with Crippen LogP contribution < -0.4 is 4.74 Å². The Morgan fingerprint density at radius 1 is 1.12 bits per heavy atom. The molecule has 1 aromatic carbocycles. The van der Waals surface area contributed by atoms with Crippen LogP contribution in [-0.2, 0) is 26.4 Å². The van der Waals surface area contributed by atoms with E-state index in [4.69, 9.17) is 13.9 Å². The molecule has 5 rings (SSSR count). The molecule has 0 spiro atoms. The summed E-state index contributed by atoms with van der Waals surface area (Å²) in [5.41, 5.74) is -0.312. The monoisotopic (exact) mass is 548 g/mol. The Labute approximate surface area is 231 Å². The van der Waals surface area contributed by atoms with Crippen molar-refractivity contribution < 1.29 is 33.1 Å². The molecule has 2 aliphatic heterocycles. The molecule has 1 fully saturated rings. The largest absolute Gasteiger partial charge is 0.497 e. The van der Waals surface area contributed by atoms with E-state index in [2.05, 4.69) is 4.98 Å². The van der Waals surface area contributed by atoms with E-state index in [1.54, 1.807) is 42.7 Å². The number of imide groups is 2. The quantitative estimate of drug-likeness (QED) is 0.260. The van der Waals surface area contributed by atoms with Crippen LogP contribution in [0.15, 0.2) is 47.1 Å². The second-order valence-electron chi connectivity index (χ2n) is 9.95. The molecule has 1 saturated heterocycles. The molecule has 11 nitrogen and oxygen atoms in total. The number of urea groups is 1. The van der Waals surface area contributed by atoms with Crippen LogP contribution in [0.3, 0.4) is 0 Å². The maximum atomic E-state index is 14.4. The normalized spacial score (nSPS) is 18.8. The Kier molecular flexibility index (Phi) is 7.57. The van der Waals surface area contributed by atoms with Crippen LogP contribution in [0.2, 0.25) is 0 Å². The summed E-state index contributed by atoms with van der Waals surface area (Å²) >= 11 is 0. The van der Waals surface area contributed by atoms with Crippen LogP contribution in [0, 0.1) is 0 Å². The van der Waals surface area contributed by atoms with Crippen LogP contribution in [0.1, 0.15) is 61.2 Å². The van der Waals surface area contributed by atoms with Crippen LogP contribution in [0.5, 0.6) is 5.75 Å². The lowest BCUT2D eigenvalue weighted by molar-refractivity contribution is -0.145. The first-order valence-electron chi connectivity index (χ1n) is 13.4. The maximum Gasteiger partial charge on any atom is 0.336 e. The Hall–Kier alpha value is -4.25. The molecule has 0 N–H and O–H groups in total. The van der Waals surface area contributed by atoms with Gasteiger partial charge in [-0.2, -0.15) is 0 Å². The van der Waals surface area contributed by atoms with Gasteiger partial charge < -0.3 is 18.8 Å². The number of ether oxygens (including phenoxy) is 2. The molecular formula is C29H32N4O7. The number of hydrogen-bond donors (Lipinski definition) is 0. The number of carbonyl (C=O) groups is 4. The average Bonchev–Trinajstić information content (AvgIpc) is 3.58. The molecule has 2 aromatic heterocycles. The predicted molar refractivity (Wildman–Crippen MR) is 143 cm³/mol. The van der Waals surface area contributed by atoms with Crippen molar-refractivity contribution >= 4 is 34.7 Å². The number of furan rings is 1. The van der Waals surface area contributed by atoms with Gasteiger partial charge >= 0.3 is 6.03 Å². The van der Waals surface area contributed by atoms with Crippen molar-refractivity contribution in [2.45, 2.75) is 51.6 Å². The maximum absolute atomic E-state index is 14.4. The zero-order chi connectivity index (χ0) is 28.4. The summed E-state index contributed by atoms with van der Waals surface area (Å²) in [6.45, 7) is 3.74. The second kappa shape index (κ2) is 11.1. The van der Waals surface area contributed by atoms with E-state index in [-0.39, 0.29) is 37.9 Å². The molecule has 3 aromatic rings. The number of pyridine rings is 1. The fourth-order valence-corrected chi connectivity index (χ4v) is 5.24. The molecular weight excluding hydrogens is 516 g/mol. The lowest BCUT2D eigenvalue weighted by atomic mass is 9.92. The van der Waals surface area contributed by atoms with Gasteiger partial charge in [0.15, 0.2) is 0 Å². The van der Waals surface area contributed by atoms with Crippen LogP contribution in [0.4, 0.5) is 4.79 Å². The van der Waals surface area contributed by atoms with E-state index in [9.17, 15) is 19.2 Å². The van der Waals surface area contributed by atoms with Gasteiger partial charge in [-0.1, -0.05) is 26.3 Å². The molecule has 0 aliphatic carbocycles. The van der Waals surface area contributed by atoms with Gasteiger partial charge in [-0.15, -0.1) is 0 Å². The van der Waals surface area contributed by atoms with E-state index in [0.29, 0.717) is 35.3 Å². The third-order valence-electron chi connectivity index (χ3n) is 7.32. The second-order valence-corrected chi connectivity index (χ2v) is 9.95. The molecule has 0 saturated carbocycles. The molecule has 40 heavy (non-hydrogen) atoms. The van der Waals surface area contributed by atoms with Crippen molar-refractivity contribution in [3.8, 4) is 5.75 Å². The molecule has 4 heterocycles. The number of fused-ring (bicyclic) bond motifs is 2. The minimum Gasteiger partial charge on any atom is -0.497 e. The lowest BCUT2D eigenvalue weighted by Gasteiger charge is -2.35. The summed E-state index contributed by atoms with van der Waals surface area (Å²) in [5.74, 6) is -0.966. The van der Waals surface area contributed by atoms with Crippen molar-refractivity contribution in [1.82, 2.24) is 19.7 Å². The van der Waals surface area contributed by atoms with Gasteiger partial charge in [-0.25, -0.2) is 14.6 Å². The van der Waals surface area contributed by atoms with E-state index in [1.807, 2.05) is 13.8 Å². The highest BCUT2D eigenvalue weighted by Gasteiger charge is 2.64. The summed E-state index contributed by atoms with van der Waals surface area (Å²) in [5, 5.41) is 0.596. The number of nitrogens with zero attached hydrogens (tertiary/aromatic N) is 4. The minimum atomic E-state index is -1.93. The van der Waals surface area contributed by atoms with Crippen LogP contribution >= 0.6 is 0 Å². The van der Waals surface area contributed by atoms with Gasteiger partial charge in [0.2, 0.25) is 11.4 Å². The zero-order valence-electron chi connectivity index (χ0n) is 22.8. The lowest BCUT2D eigenvalue weighted by Crippen LogP contribution is -2.56. The number of benzene rings is 1. The Balaban J connectivity index is 1.62. The predicted octanol–water partition coefficient (Wildman–Crippen LogP) is 4.05. The fourth-order valence-electron chi connectivity index (χ4n) is 5.24. The first-order valence-corrected chi connectivity index (χ1v) is 13.4. The third kappa shape index (κ3) is 4.49. The molecule has 210 valence electrons. The minimum absolute atomic E-state index is 0.0262. The number of rotatable bonds is 11. The Bertz CT molecular complexity index is 1430. The Morgan fingerprint density at radius 2 is 1.95 bits per heavy atom. The summed E-state index contributed by atoms with van der Waals surface area (Å²) in [7, 11) is 1.52. The summed E-state index contributed by atoms with van der Waals surface area (Å²) in [4.78, 5) is 62.9. The molecule has 11 heteroatoms.